The van der Waals surface area contributed by atoms with Crippen molar-refractivity contribution in [1.29, 1.82) is 0 Å². The predicted octanol–water partition coefficient (Wildman–Crippen LogP) is 3.40. The number of nitro groups is 1. The van der Waals surface area contributed by atoms with Crippen molar-refractivity contribution in [2.45, 2.75) is 0 Å². The number of halogens is 2. The smallest absolute Gasteiger partial charge is 0.374 e. The number of furan rings is 1. The molecule has 10 heteroatoms. The summed E-state index contributed by atoms with van der Waals surface area (Å²) in [6.07, 6.45) is 0. The second kappa shape index (κ2) is 7.25. The van der Waals surface area contributed by atoms with Gasteiger partial charge in [-0.1, -0.05) is 11.6 Å². The van der Waals surface area contributed by atoms with E-state index in [1.165, 1.54) is 24.3 Å². The van der Waals surface area contributed by atoms with Gasteiger partial charge in [0.2, 0.25) is 5.76 Å². The van der Waals surface area contributed by atoms with E-state index in [2.05, 4.69) is 21.2 Å². The van der Waals surface area contributed by atoms with Crippen LogP contribution >= 0.6 is 27.5 Å². The molecule has 1 aromatic heterocycles. The Labute approximate surface area is 142 Å². The Kier molecular flexibility index (Phi) is 5.35. The van der Waals surface area contributed by atoms with Crippen molar-refractivity contribution in [3.05, 3.63) is 55.9 Å². The fourth-order valence-electron chi connectivity index (χ4n) is 1.55. The predicted molar refractivity (Wildman–Crippen MR) is 83.4 cm³/mol. The van der Waals surface area contributed by atoms with Crippen LogP contribution in [-0.2, 0) is 9.53 Å². The third kappa shape index (κ3) is 4.54. The first-order valence-electron chi connectivity index (χ1n) is 6.03. The SMILES string of the molecule is O=C(COC(=O)c1ccc(Br)o1)Nc1ccc(Cl)c([N+](=O)[O-])c1. The Morgan fingerprint density at radius 2 is 2.09 bits per heavy atom. The third-order valence-electron chi connectivity index (χ3n) is 2.54. The molecule has 23 heavy (non-hydrogen) atoms. The lowest BCUT2D eigenvalue weighted by Gasteiger charge is -2.06. The highest BCUT2D eigenvalue weighted by molar-refractivity contribution is 9.10. The molecule has 0 aliphatic heterocycles. The quantitative estimate of drug-likeness (QED) is 0.465. The number of nitrogens with zero attached hydrogens (tertiary/aromatic N) is 1. The maximum absolute atomic E-state index is 11.7. The number of carbonyl (C=O) groups excluding carboxylic acids is 2. The molecular formula is C13H8BrClN2O6. The number of nitrogens with one attached hydrogen (secondary N) is 1. The summed E-state index contributed by atoms with van der Waals surface area (Å²) in [5.74, 6) is -1.54. The minimum Gasteiger partial charge on any atom is -0.450 e. The second-order valence-electron chi connectivity index (χ2n) is 4.15. The van der Waals surface area contributed by atoms with Crippen molar-refractivity contribution < 1.29 is 23.7 Å². The summed E-state index contributed by atoms with van der Waals surface area (Å²) in [5, 5.41) is 13.1. The number of amides is 1. The zero-order valence-electron chi connectivity index (χ0n) is 11.2. The molecule has 0 atom stereocenters. The van der Waals surface area contributed by atoms with Crippen LogP contribution in [0.25, 0.3) is 0 Å². The maximum atomic E-state index is 11.7. The first-order chi connectivity index (χ1) is 10.9. The number of benzene rings is 1. The summed E-state index contributed by atoms with van der Waals surface area (Å²) in [4.78, 5) is 33.4. The van der Waals surface area contributed by atoms with E-state index in [1.807, 2.05) is 0 Å². The van der Waals surface area contributed by atoms with Gasteiger partial charge in [-0.15, -0.1) is 0 Å². The number of ether oxygens (including phenoxy) is 1. The van der Waals surface area contributed by atoms with E-state index < -0.39 is 23.4 Å². The molecule has 0 saturated heterocycles. The van der Waals surface area contributed by atoms with Gasteiger partial charge in [0, 0.05) is 11.8 Å². The van der Waals surface area contributed by atoms with Gasteiger partial charge in [0.1, 0.15) is 5.02 Å². The van der Waals surface area contributed by atoms with Gasteiger partial charge in [0.25, 0.3) is 11.6 Å². The van der Waals surface area contributed by atoms with Crippen LogP contribution in [0, 0.1) is 10.1 Å². The third-order valence-corrected chi connectivity index (χ3v) is 3.28. The molecule has 0 saturated carbocycles. The van der Waals surface area contributed by atoms with E-state index in [9.17, 15) is 19.7 Å². The van der Waals surface area contributed by atoms with E-state index >= 15 is 0 Å². The van der Waals surface area contributed by atoms with Crippen LogP contribution in [0.1, 0.15) is 10.6 Å². The fraction of sp³-hybridized carbons (Fsp3) is 0.0769. The van der Waals surface area contributed by atoms with E-state index in [0.717, 1.165) is 6.07 Å². The molecule has 0 spiro atoms. The van der Waals surface area contributed by atoms with Crippen molar-refractivity contribution in [3.8, 4) is 0 Å². The van der Waals surface area contributed by atoms with Crippen molar-refractivity contribution in [2.75, 3.05) is 11.9 Å². The number of nitro benzene ring substituents is 1. The Morgan fingerprint density at radius 1 is 1.35 bits per heavy atom. The lowest BCUT2D eigenvalue weighted by molar-refractivity contribution is -0.384. The molecular weight excluding hydrogens is 396 g/mol. The van der Waals surface area contributed by atoms with Gasteiger partial charge < -0.3 is 14.5 Å². The van der Waals surface area contributed by atoms with Crippen LogP contribution < -0.4 is 5.32 Å². The molecule has 0 fully saturated rings. The van der Waals surface area contributed by atoms with Gasteiger partial charge >= 0.3 is 5.97 Å². The normalized spacial score (nSPS) is 10.2. The highest BCUT2D eigenvalue weighted by atomic mass is 79.9. The topological polar surface area (TPSA) is 112 Å². The molecule has 2 rings (SSSR count). The summed E-state index contributed by atoms with van der Waals surface area (Å²) in [5.41, 5.74) is -0.190. The van der Waals surface area contributed by atoms with E-state index in [1.54, 1.807) is 0 Å². The van der Waals surface area contributed by atoms with Crippen LogP contribution in [0.3, 0.4) is 0 Å². The van der Waals surface area contributed by atoms with Gasteiger partial charge in [-0.3, -0.25) is 14.9 Å². The number of hydrogen-bond acceptors (Lipinski definition) is 6. The Hall–Kier alpha value is -2.39. The maximum Gasteiger partial charge on any atom is 0.374 e. The standard InChI is InChI=1S/C13H8BrClN2O6/c14-11-4-3-10(23-11)13(19)22-6-12(18)16-7-1-2-8(15)9(5-7)17(20)21/h1-5H,6H2,(H,16,18). The number of esters is 1. The van der Waals surface area contributed by atoms with Crippen molar-refractivity contribution in [1.82, 2.24) is 0 Å². The van der Waals surface area contributed by atoms with E-state index in [0.29, 0.717) is 4.67 Å². The van der Waals surface area contributed by atoms with E-state index in [-0.39, 0.29) is 22.2 Å². The van der Waals surface area contributed by atoms with Crippen molar-refractivity contribution >= 4 is 50.8 Å². The molecule has 0 aliphatic carbocycles. The molecule has 1 amide bonds. The zero-order chi connectivity index (χ0) is 17.0. The summed E-state index contributed by atoms with van der Waals surface area (Å²) in [7, 11) is 0. The number of hydrogen-bond donors (Lipinski definition) is 1. The molecule has 1 N–H and O–H groups in total. The van der Waals surface area contributed by atoms with E-state index in [4.69, 9.17) is 20.8 Å². The van der Waals surface area contributed by atoms with Gasteiger partial charge in [0.05, 0.1) is 4.92 Å². The summed E-state index contributed by atoms with van der Waals surface area (Å²) in [6.45, 7) is -0.576. The molecule has 120 valence electrons. The monoisotopic (exact) mass is 402 g/mol. The average molecular weight is 404 g/mol. The molecule has 0 bridgehead atoms. The van der Waals surface area contributed by atoms with Gasteiger partial charge in [-0.05, 0) is 40.2 Å². The molecule has 0 unspecified atom stereocenters. The molecule has 2 aromatic rings. The van der Waals surface area contributed by atoms with Crippen LogP contribution in [0.15, 0.2) is 39.4 Å². The first kappa shape index (κ1) is 17.0. The van der Waals surface area contributed by atoms with Crippen LogP contribution in [0.4, 0.5) is 11.4 Å². The molecule has 0 radical (unpaired) electrons. The number of anilines is 1. The van der Waals surface area contributed by atoms with Gasteiger partial charge in [0.15, 0.2) is 11.3 Å². The minimum absolute atomic E-state index is 0.0529. The highest BCUT2D eigenvalue weighted by Crippen LogP contribution is 2.27. The Bertz CT molecular complexity index is 776. The Morgan fingerprint density at radius 3 is 2.70 bits per heavy atom. The number of rotatable bonds is 5. The molecule has 1 heterocycles. The second-order valence-corrected chi connectivity index (χ2v) is 5.34. The van der Waals surface area contributed by atoms with Gasteiger partial charge in [-0.25, -0.2) is 4.79 Å². The average Bonchev–Trinajstić information content (AvgIpc) is 2.93. The first-order valence-corrected chi connectivity index (χ1v) is 7.20. The van der Waals surface area contributed by atoms with Gasteiger partial charge in [-0.2, -0.15) is 0 Å². The Balaban J connectivity index is 1.93. The molecule has 1 aromatic carbocycles. The van der Waals surface area contributed by atoms with Crippen LogP contribution in [0.2, 0.25) is 5.02 Å². The fourth-order valence-corrected chi connectivity index (χ4v) is 2.05. The largest absolute Gasteiger partial charge is 0.450 e. The highest BCUT2D eigenvalue weighted by Gasteiger charge is 2.16. The zero-order valence-corrected chi connectivity index (χ0v) is 13.6. The number of carbonyl (C=O) groups is 2. The lowest BCUT2D eigenvalue weighted by Crippen LogP contribution is -2.20. The van der Waals surface area contributed by atoms with Crippen molar-refractivity contribution in [2.24, 2.45) is 0 Å². The lowest BCUT2D eigenvalue weighted by atomic mass is 10.3. The molecule has 0 aliphatic rings. The summed E-state index contributed by atoms with van der Waals surface area (Å²) >= 11 is 8.69. The summed E-state index contributed by atoms with van der Waals surface area (Å²) < 4.78 is 10.1. The summed E-state index contributed by atoms with van der Waals surface area (Å²) in [6, 6.07) is 6.66. The molecule has 8 nitrogen and oxygen atoms in total. The van der Waals surface area contributed by atoms with Crippen LogP contribution in [-0.4, -0.2) is 23.4 Å². The minimum atomic E-state index is -0.812. The van der Waals surface area contributed by atoms with Crippen LogP contribution in [0.5, 0.6) is 0 Å². The van der Waals surface area contributed by atoms with Crippen molar-refractivity contribution in [3.63, 3.8) is 0 Å².